The minimum Gasteiger partial charge on any atom is -0.459 e. The van der Waals surface area contributed by atoms with Crippen molar-refractivity contribution in [3.05, 3.63) is 0 Å². The maximum atomic E-state index is 11.2. The Bertz CT molecular complexity index is 322. The van der Waals surface area contributed by atoms with Gasteiger partial charge in [-0.05, 0) is 0 Å². The fourth-order valence-corrected chi connectivity index (χ4v) is 1.38. The third-order valence-corrected chi connectivity index (χ3v) is 2.31. The largest absolute Gasteiger partial charge is 0.459 e. The Hall–Kier alpha value is -0.470. The van der Waals surface area contributed by atoms with Gasteiger partial charge < -0.3 is 14.6 Å². The molecule has 1 heterocycles. The van der Waals surface area contributed by atoms with E-state index in [1.165, 1.54) is 0 Å². The Morgan fingerprint density at radius 3 is 2.72 bits per heavy atom. The van der Waals surface area contributed by atoms with Gasteiger partial charge in [-0.2, -0.15) is 0 Å². The summed E-state index contributed by atoms with van der Waals surface area (Å²) >= 11 is 16.1. The lowest BCUT2D eigenvalue weighted by Crippen LogP contribution is -2.47. The zero-order valence-corrected chi connectivity index (χ0v) is 11.3. The minimum absolute atomic E-state index is 0.236. The Labute approximate surface area is 118 Å². The van der Waals surface area contributed by atoms with Gasteiger partial charge in [0.2, 0.25) is 3.79 Å². The van der Waals surface area contributed by atoms with Crippen molar-refractivity contribution in [3.63, 3.8) is 0 Å². The molecule has 0 spiro atoms. The molecular weight excluding hydrogens is 310 g/mol. The van der Waals surface area contributed by atoms with Crippen LogP contribution in [0.2, 0.25) is 0 Å². The molecule has 0 aromatic carbocycles. The lowest BCUT2D eigenvalue weighted by atomic mass is 10.2. The predicted octanol–water partition coefficient (Wildman–Crippen LogP) is 0.264. The maximum Gasteiger partial charge on any atom is 0.421 e. The van der Waals surface area contributed by atoms with E-state index in [4.69, 9.17) is 44.6 Å². The summed E-state index contributed by atoms with van der Waals surface area (Å²) in [5.41, 5.74) is 4.49. The molecule has 1 fully saturated rings. The number of hydrogen-bond donors (Lipinski definition) is 3. The Balaban J connectivity index is 2.25. The highest BCUT2D eigenvalue weighted by Crippen LogP contribution is 2.25. The highest BCUT2D eigenvalue weighted by molar-refractivity contribution is 6.67. The van der Waals surface area contributed by atoms with Crippen LogP contribution in [-0.4, -0.2) is 46.3 Å². The number of rotatable bonds is 4. The molecule has 0 saturated carbocycles. The third kappa shape index (κ3) is 5.45. The number of esters is 1. The molecule has 0 bridgehead atoms. The molecule has 1 saturated heterocycles. The first kappa shape index (κ1) is 15.6. The Morgan fingerprint density at radius 2 is 2.22 bits per heavy atom. The Kier molecular flexibility index (Phi) is 5.74. The van der Waals surface area contributed by atoms with Crippen molar-refractivity contribution in [3.8, 4) is 0 Å². The summed E-state index contributed by atoms with van der Waals surface area (Å²) in [6.07, 6.45) is -1.24. The SMILES string of the molecule is O=C(NN[C@@H]1C[C@H](CO)OC1=O)OCC(Cl)(Cl)Cl. The smallest absolute Gasteiger partial charge is 0.421 e. The second-order valence-electron chi connectivity index (χ2n) is 3.49. The molecule has 1 amide bonds. The molecule has 0 unspecified atom stereocenters. The molecule has 0 aromatic rings. The van der Waals surface area contributed by atoms with Crippen molar-refractivity contribution in [2.75, 3.05) is 13.2 Å². The first-order chi connectivity index (χ1) is 8.31. The standard InChI is InChI=1S/C8H11Cl3N2O5/c9-8(10,11)3-17-7(16)13-12-5-1-4(2-14)18-6(5)15/h4-5,12,14H,1-3H2,(H,13,16)/t4-,5-/m1/s1. The van der Waals surface area contributed by atoms with E-state index >= 15 is 0 Å². The number of carbonyl (C=O) groups excluding carboxylic acids is 2. The van der Waals surface area contributed by atoms with Crippen LogP contribution in [0.15, 0.2) is 0 Å². The molecule has 3 N–H and O–H groups in total. The maximum absolute atomic E-state index is 11.2. The van der Waals surface area contributed by atoms with Gasteiger partial charge in [0.15, 0.2) is 0 Å². The highest BCUT2D eigenvalue weighted by atomic mass is 35.6. The number of amides is 1. The molecule has 1 rings (SSSR count). The fraction of sp³-hybridized carbons (Fsp3) is 0.750. The van der Waals surface area contributed by atoms with Crippen LogP contribution in [0.3, 0.4) is 0 Å². The lowest BCUT2D eigenvalue weighted by Gasteiger charge is -2.13. The average molecular weight is 322 g/mol. The van der Waals surface area contributed by atoms with E-state index in [0.717, 1.165) is 0 Å². The number of carbonyl (C=O) groups is 2. The monoisotopic (exact) mass is 320 g/mol. The van der Waals surface area contributed by atoms with Crippen molar-refractivity contribution in [1.82, 2.24) is 10.9 Å². The second kappa shape index (κ2) is 6.63. The van der Waals surface area contributed by atoms with Crippen molar-refractivity contribution in [2.24, 2.45) is 0 Å². The van der Waals surface area contributed by atoms with E-state index in [1.807, 2.05) is 0 Å². The van der Waals surface area contributed by atoms with Crippen LogP contribution in [-0.2, 0) is 14.3 Å². The normalized spacial score (nSPS) is 23.7. The van der Waals surface area contributed by atoms with Gasteiger partial charge in [-0.3, -0.25) is 10.2 Å². The summed E-state index contributed by atoms with van der Waals surface area (Å²) in [7, 11) is 0. The minimum atomic E-state index is -1.70. The average Bonchev–Trinajstić information content (AvgIpc) is 2.64. The molecule has 0 aromatic heterocycles. The number of aliphatic hydroxyl groups excluding tert-OH is 1. The quantitative estimate of drug-likeness (QED) is 0.390. The third-order valence-electron chi connectivity index (χ3n) is 1.98. The number of halogens is 3. The summed E-state index contributed by atoms with van der Waals surface area (Å²) in [4.78, 5) is 22.4. The van der Waals surface area contributed by atoms with E-state index in [0.29, 0.717) is 0 Å². The second-order valence-corrected chi connectivity index (χ2v) is 6.01. The van der Waals surface area contributed by atoms with Crippen molar-refractivity contribution in [1.29, 1.82) is 0 Å². The van der Waals surface area contributed by atoms with Gasteiger partial charge >= 0.3 is 12.1 Å². The topological polar surface area (TPSA) is 96.9 Å². The van der Waals surface area contributed by atoms with Crippen molar-refractivity contribution < 1.29 is 24.2 Å². The van der Waals surface area contributed by atoms with Gasteiger partial charge in [0.25, 0.3) is 0 Å². The van der Waals surface area contributed by atoms with Crippen LogP contribution in [0, 0.1) is 0 Å². The van der Waals surface area contributed by atoms with Crippen LogP contribution in [0.1, 0.15) is 6.42 Å². The van der Waals surface area contributed by atoms with Gasteiger partial charge in [0.05, 0.1) is 6.61 Å². The molecule has 1 aliphatic rings. The molecule has 7 nitrogen and oxygen atoms in total. The summed E-state index contributed by atoms with van der Waals surface area (Å²) in [5.74, 6) is -0.573. The van der Waals surface area contributed by atoms with Gasteiger partial charge in [0.1, 0.15) is 18.8 Å². The number of ether oxygens (including phenoxy) is 2. The van der Waals surface area contributed by atoms with Crippen LogP contribution in [0.5, 0.6) is 0 Å². The summed E-state index contributed by atoms with van der Waals surface area (Å²) in [6, 6.07) is -0.748. The molecular formula is C8H11Cl3N2O5. The summed E-state index contributed by atoms with van der Waals surface area (Å²) in [5, 5.41) is 8.79. The number of hydrazine groups is 1. The van der Waals surface area contributed by atoms with Gasteiger partial charge in [-0.1, -0.05) is 34.8 Å². The number of nitrogens with one attached hydrogen (secondary N) is 2. The van der Waals surface area contributed by atoms with Crippen molar-refractivity contribution >= 4 is 46.9 Å². The zero-order valence-electron chi connectivity index (χ0n) is 8.99. The van der Waals surface area contributed by atoms with E-state index in [9.17, 15) is 9.59 Å². The van der Waals surface area contributed by atoms with E-state index in [1.54, 1.807) is 0 Å². The molecule has 104 valence electrons. The highest BCUT2D eigenvalue weighted by Gasteiger charge is 2.34. The molecule has 18 heavy (non-hydrogen) atoms. The molecule has 1 aliphatic heterocycles. The van der Waals surface area contributed by atoms with E-state index in [-0.39, 0.29) is 13.0 Å². The van der Waals surface area contributed by atoms with E-state index in [2.05, 4.69) is 15.6 Å². The Morgan fingerprint density at radius 1 is 1.56 bits per heavy atom. The van der Waals surface area contributed by atoms with Gasteiger partial charge in [-0.15, -0.1) is 0 Å². The van der Waals surface area contributed by atoms with Crippen LogP contribution in [0.4, 0.5) is 4.79 Å². The lowest BCUT2D eigenvalue weighted by molar-refractivity contribution is -0.144. The zero-order chi connectivity index (χ0) is 13.8. The number of hydrogen-bond acceptors (Lipinski definition) is 6. The van der Waals surface area contributed by atoms with Crippen molar-refractivity contribution in [2.45, 2.75) is 22.4 Å². The predicted molar refractivity (Wildman–Crippen MR) is 63.3 cm³/mol. The first-order valence-corrected chi connectivity index (χ1v) is 6.01. The van der Waals surface area contributed by atoms with Crippen LogP contribution in [0.25, 0.3) is 0 Å². The molecule has 0 aliphatic carbocycles. The summed E-state index contributed by atoms with van der Waals surface area (Å²) < 4.78 is 7.60. The number of aliphatic hydroxyl groups is 1. The molecule has 10 heteroatoms. The fourth-order valence-electron chi connectivity index (χ4n) is 1.21. The number of alkyl halides is 3. The first-order valence-electron chi connectivity index (χ1n) is 4.88. The van der Waals surface area contributed by atoms with Gasteiger partial charge in [0, 0.05) is 6.42 Å². The number of cyclic esters (lactones) is 1. The van der Waals surface area contributed by atoms with Crippen LogP contribution < -0.4 is 10.9 Å². The molecule has 2 atom stereocenters. The van der Waals surface area contributed by atoms with Gasteiger partial charge in [-0.25, -0.2) is 10.2 Å². The van der Waals surface area contributed by atoms with E-state index < -0.39 is 34.6 Å². The summed E-state index contributed by atoms with van der Waals surface area (Å²) in [6.45, 7) is -0.707. The van der Waals surface area contributed by atoms with Crippen LogP contribution >= 0.6 is 34.8 Å². The molecule has 0 radical (unpaired) electrons.